The van der Waals surface area contributed by atoms with Gasteiger partial charge in [-0.3, -0.25) is 9.59 Å². The molecular weight excluding hydrogens is 373 g/mol. The quantitative estimate of drug-likeness (QED) is 0.863. The summed E-state index contributed by atoms with van der Waals surface area (Å²) in [5.41, 5.74) is -1.20. The highest BCUT2D eigenvalue weighted by atomic mass is 32.2. The van der Waals surface area contributed by atoms with E-state index in [0.717, 1.165) is 31.3 Å². The lowest BCUT2D eigenvalue weighted by atomic mass is 10.1. The van der Waals surface area contributed by atoms with Gasteiger partial charge in [0, 0.05) is 18.3 Å². The highest BCUT2D eigenvalue weighted by molar-refractivity contribution is 7.90. The first-order chi connectivity index (χ1) is 12.0. The molecular formula is C16H11F3N2O4S. The lowest BCUT2D eigenvalue weighted by Gasteiger charge is -2.10. The van der Waals surface area contributed by atoms with Crippen molar-refractivity contribution in [3.05, 3.63) is 59.2 Å². The standard InChI is InChI=1S/C16H11F3N2O4S/c1-21-15(23)12-6-5-9(7-13(12)26(21,24)25)14(22)20-11-4-2-3-10(8-11)16(17,18)19/h2-8H,1H3,(H,20,22). The van der Waals surface area contributed by atoms with E-state index in [1.165, 1.54) is 18.2 Å². The Bertz CT molecular complexity index is 1030. The van der Waals surface area contributed by atoms with E-state index in [2.05, 4.69) is 5.32 Å². The number of anilines is 1. The maximum Gasteiger partial charge on any atom is 0.416 e. The fourth-order valence-corrected chi connectivity index (χ4v) is 3.78. The summed E-state index contributed by atoms with van der Waals surface area (Å²) in [5.74, 6) is -1.52. The van der Waals surface area contributed by atoms with Gasteiger partial charge in [0.25, 0.3) is 21.8 Å². The third kappa shape index (κ3) is 2.92. The number of nitrogens with zero attached hydrogens (tertiary/aromatic N) is 1. The molecule has 1 aliphatic heterocycles. The summed E-state index contributed by atoms with van der Waals surface area (Å²) in [6.45, 7) is 0. The molecule has 0 unspecified atom stereocenters. The van der Waals surface area contributed by atoms with Gasteiger partial charge >= 0.3 is 6.18 Å². The third-order valence-corrected chi connectivity index (χ3v) is 5.63. The van der Waals surface area contributed by atoms with Crippen molar-refractivity contribution in [2.45, 2.75) is 11.1 Å². The highest BCUT2D eigenvalue weighted by Crippen LogP contribution is 2.32. The number of halogens is 3. The lowest BCUT2D eigenvalue weighted by molar-refractivity contribution is -0.137. The molecule has 26 heavy (non-hydrogen) atoms. The summed E-state index contributed by atoms with van der Waals surface area (Å²) in [4.78, 5) is 23.8. The zero-order chi connectivity index (χ0) is 19.3. The van der Waals surface area contributed by atoms with Crippen LogP contribution in [0.25, 0.3) is 0 Å². The molecule has 2 amide bonds. The van der Waals surface area contributed by atoms with E-state index in [0.29, 0.717) is 4.31 Å². The van der Waals surface area contributed by atoms with E-state index < -0.39 is 33.6 Å². The van der Waals surface area contributed by atoms with Gasteiger partial charge in [-0.2, -0.15) is 13.2 Å². The zero-order valence-corrected chi connectivity index (χ0v) is 14.0. The molecule has 136 valence electrons. The molecule has 2 aromatic rings. The number of sulfonamides is 1. The Morgan fingerprint density at radius 3 is 2.46 bits per heavy atom. The second-order valence-corrected chi connectivity index (χ2v) is 7.46. The topological polar surface area (TPSA) is 83.6 Å². The van der Waals surface area contributed by atoms with E-state index in [1.54, 1.807) is 0 Å². The number of nitrogens with one attached hydrogen (secondary N) is 1. The van der Waals surface area contributed by atoms with Gasteiger partial charge in [0.15, 0.2) is 0 Å². The van der Waals surface area contributed by atoms with E-state index in [9.17, 15) is 31.2 Å². The number of carbonyl (C=O) groups is 2. The first-order valence-corrected chi connectivity index (χ1v) is 8.62. The molecule has 0 spiro atoms. The fourth-order valence-electron chi connectivity index (χ4n) is 2.46. The van der Waals surface area contributed by atoms with Crippen LogP contribution >= 0.6 is 0 Å². The number of fused-ring (bicyclic) bond motifs is 1. The van der Waals surface area contributed by atoms with Gasteiger partial charge in [0.05, 0.1) is 11.1 Å². The van der Waals surface area contributed by atoms with Crippen molar-refractivity contribution in [3.8, 4) is 0 Å². The van der Waals surface area contributed by atoms with Crippen LogP contribution in [-0.2, 0) is 16.2 Å². The van der Waals surface area contributed by atoms with Crippen LogP contribution < -0.4 is 5.32 Å². The van der Waals surface area contributed by atoms with Crippen molar-refractivity contribution in [2.75, 3.05) is 12.4 Å². The van der Waals surface area contributed by atoms with Crippen LogP contribution in [0, 0.1) is 0 Å². The summed E-state index contributed by atoms with van der Waals surface area (Å²) >= 11 is 0. The summed E-state index contributed by atoms with van der Waals surface area (Å²) in [7, 11) is -2.94. The molecule has 3 rings (SSSR count). The molecule has 0 fully saturated rings. The average molecular weight is 384 g/mol. The largest absolute Gasteiger partial charge is 0.416 e. The Kier molecular flexibility index (Phi) is 4.02. The molecule has 10 heteroatoms. The van der Waals surface area contributed by atoms with Crippen molar-refractivity contribution in [3.63, 3.8) is 0 Å². The van der Waals surface area contributed by atoms with Crippen LogP contribution in [-0.4, -0.2) is 31.6 Å². The fraction of sp³-hybridized carbons (Fsp3) is 0.125. The summed E-state index contributed by atoms with van der Waals surface area (Å²) < 4.78 is 63.0. The van der Waals surface area contributed by atoms with Gasteiger partial charge in [-0.15, -0.1) is 0 Å². The first-order valence-electron chi connectivity index (χ1n) is 7.18. The van der Waals surface area contributed by atoms with Crippen LogP contribution in [0.2, 0.25) is 0 Å². The minimum Gasteiger partial charge on any atom is -0.322 e. The van der Waals surface area contributed by atoms with Crippen molar-refractivity contribution in [2.24, 2.45) is 0 Å². The van der Waals surface area contributed by atoms with E-state index >= 15 is 0 Å². The summed E-state index contributed by atoms with van der Waals surface area (Å²) in [5, 5.41) is 2.28. The van der Waals surface area contributed by atoms with Crippen molar-refractivity contribution in [1.82, 2.24) is 4.31 Å². The number of amides is 2. The average Bonchev–Trinajstić information content (AvgIpc) is 2.75. The molecule has 6 nitrogen and oxygen atoms in total. The minimum atomic E-state index is -4.56. The Hall–Kier alpha value is -2.88. The molecule has 0 radical (unpaired) electrons. The SMILES string of the molecule is CN1C(=O)c2ccc(C(=O)Nc3cccc(C(F)(F)F)c3)cc2S1(=O)=O. The van der Waals surface area contributed by atoms with Crippen LogP contribution in [0.15, 0.2) is 47.4 Å². The maximum atomic E-state index is 12.7. The molecule has 0 aromatic heterocycles. The van der Waals surface area contributed by atoms with Gasteiger partial charge in [-0.25, -0.2) is 12.7 Å². The Labute approximate surface area is 146 Å². The number of carbonyl (C=O) groups excluding carboxylic acids is 2. The van der Waals surface area contributed by atoms with Crippen molar-refractivity contribution >= 4 is 27.5 Å². The molecule has 1 N–H and O–H groups in total. The van der Waals surface area contributed by atoms with Crippen LogP contribution in [0.4, 0.5) is 18.9 Å². The third-order valence-electron chi connectivity index (χ3n) is 3.85. The molecule has 0 aliphatic carbocycles. The molecule has 0 bridgehead atoms. The minimum absolute atomic E-state index is 0.0666. The first kappa shape index (κ1) is 17.9. The van der Waals surface area contributed by atoms with Gasteiger partial charge in [-0.1, -0.05) is 6.07 Å². The highest BCUT2D eigenvalue weighted by Gasteiger charge is 2.39. The second-order valence-electron chi connectivity index (χ2n) is 5.52. The van der Waals surface area contributed by atoms with Gasteiger partial charge < -0.3 is 5.32 Å². The molecule has 0 atom stereocenters. The van der Waals surface area contributed by atoms with Crippen molar-refractivity contribution < 1.29 is 31.2 Å². The lowest BCUT2D eigenvalue weighted by Crippen LogP contribution is -2.24. The number of alkyl halides is 3. The van der Waals surface area contributed by atoms with Crippen LogP contribution in [0.5, 0.6) is 0 Å². The number of hydrogen-bond donors (Lipinski definition) is 1. The summed E-state index contributed by atoms with van der Waals surface area (Å²) in [6.07, 6.45) is -4.56. The predicted octanol–water partition coefficient (Wildman–Crippen LogP) is 2.73. The maximum absolute atomic E-state index is 12.7. The smallest absolute Gasteiger partial charge is 0.322 e. The Balaban J connectivity index is 1.92. The zero-order valence-electron chi connectivity index (χ0n) is 13.2. The van der Waals surface area contributed by atoms with E-state index in [4.69, 9.17) is 0 Å². The number of rotatable bonds is 2. The Morgan fingerprint density at radius 1 is 1.12 bits per heavy atom. The van der Waals surface area contributed by atoms with Crippen LogP contribution in [0.1, 0.15) is 26.3 Å². The molecule has 2 aromatic carbocycles. The molecule has 0 saturated heterocycles. The van der Waals surface area contributed by atoms with Crippen molar-refractivity contribution in [1.29, 1.82) is 0 Å². The molecule has 1 heterocycles. The van der Waals surface area contributed by atoms with Gasteiger partial charge in [-0.05, 0) is 36.4 Å². The molecule has 0 saturated carbocycles. The Morgan fingerprint density at radius 2 is 1.81 bits per heavy atom. The molecule has 1 aliphatic rings. The second kappa shape index (κ2) is 5.84. The number of hydrogen-bond acceptors (Lipinski definition) is 4. The van der Waals surface area contributed by atoms with Gasteiger partial charge in [0.1, 0.15) is 4.90 Å². The van der Waals surface area contributed by atoms with E-state index in [-0.39, 0.29) is 21.7 Å². The van der Waals surface area contributed by atoms with Crippen LogP contribution in [0.3, 0.4) is 0 Å². The summed E-state index contributed by atoms with van der Waals surface area (Å²) in [6, 6.07) is 7.48. The predicted molar refractivity (Wildman–Crippen MR) is 85.1 cm³/mol. The van der Waals surface area contributed by atoms with Gasteiger partial charge in [0.2, 0.25) is 0 Å². The van der Waals surface area contributed by atoms with E-state index in [1.807, 2.05) is 0 Å². The number of benzene rings is 2. The normalized spacial score (nSPS) is 15.7. The monoisotopic (exact) mass is 384 g/mol.